The smallest absolute Gasteiger partial charge is 0.351 e. The Morgan fingerprint density at radius 2 is 0.870 bits per heavy atom. The van der Waals surface area contributed by atoms with Gasteiger partial charge in [0.1, 0.15) is 22.5 Å². The highest BCUT2D eigenvalue weighted by Gasteiger charge is 2.48. The van der Waals surface area contributed by atoms with E-state index in [0.717, 1.165) is 106 Å². The monoisotopic (exact) mass is 918 g/mol. The highest BCUT2D eigenvalue weighted by molar-refractivity contribution is 9.10. The molecule has 2 aromatic carbocycles. The maximum atomic E-state index is 14.3. The first kappa shape index (κ1) is 44.8. The van der Waals surface area contributed by atoms with E-state index < -0.39 is 20.2 Å². The van der Waals surface area contributed by atoms with Gasteiger partial charge in [0.05, 0.1) is 98.8 Å². The molecule has 16 heteroatoms. The second kappa shape index (κ2) is 19.1. The van der Waals surface area contributed by atoms with Crippen molar-refractivity contribution in [1.82, 2.24) is 0 Å². The maximum Gasteiger partial charge on any atom is 0.351 e. The summed E-state index contributed by atoms with van der Waals surface area (Å²) in [6.45, 7) is 4.19. The van der Waals surface area contributed by atoms with Crippen molar-refractivity contribution in [3.05, 3.63) is 56.5 Å². The zero-order chi connectivity index (χ0) is 39.9. The van der Waals surface area contributed by atoms with E-state index in [4.69, 9.17) is 0 Å². The van der Waals surface area contributed by atoms with Gasteiger partial charge < -0.3 is 18.1 Å². The fraction of sp³-hybridized carbons (Fsp3) is 0.579. The molecule has 0 saturated carbocycles. The third kappa shape index (κ3) is 13.1. The predicted molar refractivity (Wildman–Crippen MR) is 215 cm³/mol. The number of fused-ring (bicyclic) bond motifs is 2. The van der Waals surface area contributed by atoms with Gasteiger partial charge in [0.25, 0.3) is 0 Å². The summed E-state index contributed by atoms with van der Waals surface area (Å²) in [7, 11) is -0.223. The second-order valence-electron chi connectivity index (χ2n) is 16.1. The fourth-order valence-electron chi connectivity index (χ4n) is 7.70. The summed E-state index contributed by atoms with van der Waals surface area (Å²) >= 11 is 7.18. The lowest BCUT2D eigenvalue weighted by molar-refractivity contribution is -0.890. The van der Waals surface area contributed by atoms with Gasteiger partial charge in [0.15, 0.2) is 0 Å². The number of benzene rings is 2. The Kier molecular flexibility index (Phi) is 15.8. The average Bonchev–Trinajstić information content (AvgIpc) is 3.46. The van der Waals surface area contributed by atoms with E-state index >= 15 is 0 Å². The number of carbonyl (C=O) groups excluding carboxylic acids is 2. The molecule has 0 saturated heterocycles. The maximum absolute atomic E-state index is 14.3. The van der Waals surface area contributed by atoms with Crippen molar-refractivity contribution in [1.29, 1.82) is 0 Å². The van der Waals surface area contributed by atoms with Crippen molar-refractivity contribution in [2.45, 2.75) is 64.2 Å². The van der Waals surface area contributed by atoms with Crippen molar-refractivity contribution in [2.75, 3.05) is 79.0 Å². The number of carbonyl (C=O) groups is 2. The summed E-state index contributed by atoms with van der Waals surface area (Å²) in [6, 6.07) is 11.7. The van der Waals surface area contributed by atoms with Gasteiger partial charge in [-0.1, -0.05) is 31.9 Å². The number of nitrogens with one attached hydrogen (secondary N) is 2. The quantitative estimate of drug-likeness (QED) is 0.0789. The number of amides is 2. The minimum atomic E-state index is -4.20. The lowest BCUT2D eigenvalue weighted by Crippen LogP contribution is -3.09. The normalized spacial score (nSPS) is 19.1. The summed E-state index contributed by atoms with van der Waals surface area (Å²) in [6.07, 6.45) is 8.03. The van der Waals surface area contributed by atoms with Gasteiger partial charge in [-0.2, -0.15) is 0 Å². The minimum Gasteiger partial charge on any atom is -0.748 e. The number of rotatable bonds is 22. The zero-order valence-electron chi connectivity index (χ0n) is 31.9. The first-order valence-electron chi connectivity index (χ1n) is 18.9. The molecule has 2 aromatic rings. The summed E-state index contributed by atoms with van der Waals surface area (Å²) in [4.78, 5) is 30.2. The largest absolute Gasteiger partial charge is 0.748 e. The van der Waals surface area contributed by atoms with Gasteiger partial charge in [-0.3, -0.25) is 0 Å². The van der Waals surface area contributed by atoms with E-state index in [2.05, 4.69) is 31.9 Å². The molecule has 0 fully saturated rings. The second-order valence-corrected chi connectivity index (χ2v) is 20.9. The lowest BCUT2D eigenvalue weighted by atomic mass is 9.96. The van der Waals surface area contributed by atoms with E-state index in [-0.39, 0.29) is 23.3 Å². The Labute approximate surface area is 338 Å². The van der Waals surface area contributed by atoms with Crippen LogP contribution in [0.1, 0.15) is 75.3 Å². The third-order valence-corrected chi connectivity index (χ3v) is 13.2. The van der Waals surface area contributed by atoms with Gasteiger partial charge >= 0.3 is 11.8 Å². The summed E-state index contributed by atoms with van der Waals surface area (Å²) in [5, 5.41) is 0. The molecule has 0 bridgehead atoms. The Morgan fingerprint density at radius 1 is 0.537 bits per heavy atom. The lowest BCUT2D eigenvalue weighted by Gasteiger charge is -2.30. The fourth-order valence-corrected chi connectivity index (χ4v) is 9.39. The molecular formula is C38H56Br2N4O8S2+2. The van der Waals surface area contributed by atoms with Crippen LogP contribution in [0.15, 0.2) is 45.3 Å². The van der Waals surface area contributed by atoms with Crippen LogP contribution in [0.3, 0.4) is 0 Å². The van der Waals surface area contributed by atoms with E-state index in [9.17, 15) is 35.5 Å². The van der Waals surface area contributed by atoms with Crippen LogP contribution in [0.2, 0.25) is 0 Å². The Balaban J connectivity index is 1.39. The SMILES string of the molecule is C[N+](C)(CCCCCC[NH+]1C(=O)/C(=C2/C(=O)[NH+](CCCCCC[N+](C)(C)CCCS(=O)(=O)[O-])c3cc(Br)ccc32)c2ccc(Br)cc21)CCCS(=O)(=O)[O-]. The number of quaternary nitrogens is 4. The first-order valence-corrected chi connectivity index (χ1v) is 23.6. The van der Waals surface area contributed by atoms with Gasteiger partial charge in [0.2, 0.25) is 0 Å². The zero-order valence-corrected chi connectivity index (χ0v) is 36.7. The molecule has 300 valence electrons. The van der Waals surface area contributed by atoms with E-state index in [1.807, 2.05) is 64.6 Å². The highest BCUT2D eigenvalue weighted by Crippen LogP contribution is 2.39. The molecule has 54 heavy (non-hydrogen) atoms. The molecule has 0 radical (unpaired) electrons. The van der Waals surface area contributed by atoms with Crippen molar-refractivity contribution < 1.29 is 54.3 Å². The Hall–Kier alpha value is -1.86. The number of halogens is 2. The van der Waals surface area contributed by atoms with Crippen LogP contribution in [0.4, 0.5) is 11.4 Å². The van der Waals surface area contributed by atoms with Crippen LogP contribution in [-0.2, 0) is 29.8 Å². The van der Waals surface area contributed by atoms with Gasteiger partial charge in [-0.25, -0.2) is 36.2 Å². The first-order chi connectivity index (χ1) is 25.2. The highest BCUT2D eigenvalue weighted by atomic mass is 79.9. The number of hydrogen-bond acceptors (Lipinski definition) is 8. The van der Waals surface area contributed by atoms with Crippen LogP contribution in [-0.4, -0.2) is 126 Å². The molecule has 4 rings (SSSR count). The van der Waals surface area contributed by atoms with E-state index in [0.29, 0.717) is 59.1 Å². The Bertz CT molecular complexity index is 1800. The molecule has 2 atom stereocenters. The van der Waals surface area contributed by atoms with Crippen LogP contribution in [0.5, 0.6) is 0 Å². The predicted octanol–water partition coefficient (Wildman–Crippen LogP) is 3.38. The van der Waals surface area contributed by atoms with Crippen LogP contribution >= 0.6 is 31.9 Å². The van der Waals surface area contributed by atoms with Gasteiger partial charge in [0, 0.05) is 45.4 Å². The molecule has 2 amide bonds. The van der Waals surface area contributed by atoms with Crippen molar-refractivity contribution in [3.8, 4) is 0 Å². The number of unbranched alkanes of at least 4 members (excludes halogenated alkanes) is 6. The topological polar surface area (TPSA) is 157 Å². The van der Waals surface area contributed by atoms with Crippen molar-refractivity contribution >= 4 is 86.4 Å². The molecule has 2 aliphatic heterocycles. The molecule has 2 heterocycles. The van der Waals surface area contributed by atoms with Crippen LogP contribution in [0.25, 0.3) is 11.1 Å². The van der Waals surface area contributed by atoms with Crippen molar-refractivity contribution in [2.24, 2.45) is 0 Å². The molecule has 2 aliphatic rings. The van der Waals surface area contributed by atoms with Crippen LogP contribution in [0, 0.1) is 0 Å². The standard InChI is InChI=1S/C38H54Br2N4O8S2/c1-43(2,23-13-25-53(47,48)49)21-11-7-5-9-19-41-33-27-29(39)15-17-31(33)35(37(41)45)36-32-18-16-30(40)28-34(32)42(38(36)46)20-10-6-8-12-22-44(3,4)24-14-26-54(50,51)52/h15-18,27-28H,5-14,19-26H2,1-4H3/p+2/b36-35+. The van der Waals surface area contributed by atoms with Crippen LogP contribution < -0.4 is 9.80 Å². The molecule has 0 spiro atoms. The number of hydrogen-bond donors (Lipinski definition) is 2. The third-order valence-electron chi connectivity index (χ3n) is 10.6. The molecule has 0 aromatic heterocycles. The van der Waals surface area contributed by atoms with Crippen molar-refractivity contribution in [3.63, 3.8) is 0 Å². The average molecular weight is 921 g/mol. The Morgan fingerprint density at radius 3 is 1.22 bits per heavy atom. The number of nitrogens with zero attached hydrogens (tertiary/aromatic N) is 2. The summed E-state index contributed by atoms with van der Waals surface area (Å²) < 4.78 is 68.8. The molecule has 12 nitrogen and oxygen atoms in total. The summed E-state index contributed by atoms with van der Waals surface area (Å²) in [5.41, 5.74) is 4.31. The van der Waals surface area contributed by atoms with E-state index in [1.165, 1.54) is 0 Å². The molecule has 2 unspecified atom stereocenters. The molecular weight excluding hydrogens is 864 g/mol. The molecule has 0 aliphatic carbocycles. The van der Waals surface area contributed by atoms with E-state index in [1.54, 1.807) is 0 Å². The summed E-state index contributed by atoms with van der Waals surface area (Å²) in [5.74, 6) is -0.837. The molecule has 2 N–H and O–H groups in total. The van der Waals surface area contributed by atoms with Gasteiger partial charge in [-0.15, -0.1) is 0 Å². The van der Waals surface area contributed by atoms with Gasteiger partial charge in [-0.05, 0) is 75.6 Å². The minimum absolute atomic E-state index is 0.0821.